The van der Waals surface area contributed by atoms with E-state index >= 15 is 0 Å². The summed E-state index contributed by atoms with van der Waals surface area (Å²) in [6.07, 6.45) is 1.79. The molecule has 130 valence electrons. The van der Waals surface area contributed by atoms with Gasteiger partial charge in [0.05, 0.1) is 12.2 Å². The van der Waals surface area contributed by atoms with Crippen LogP contribution in [0.1, 0.15) is 25.1 Å². The van der Waals surface area contributed by atoms with E-state index in [2.05, 4.69) is 40.5 Å². The van der Waals surface area contributed by atoms with Crippen molar-refractivity contribution in [3.63, 3.8) is 0 Å². The molecule has 0 spiro atoms. The Balaban J connectivity index is 0.00000288. The topological polar surface area (TPSA) is 49.3 Å². The first-order chi connectivity index (χ1) is 11.0. The number of aromatic nitrogens is 1. The van der Waals surface area contributed by atoms with Gasteiger partial charge in [-0.3, -0.25) is 9.98 Å². The molecule has 0 radical (unpaired) electrons. The predicted octanol–water partition coefficient (Wildman–Crippen LogP) is 4.00. The second kappa shape index (κ2) is 9.84. The SMILES string of the molecule is CN=C(NCc1ccccn1)NCC(C)(C)c1cccc(Cl)c1.I. The van der Waals surface area contributed by atoms with Crippen molar-refractivity contribution in [2.75, 3.05) is 13.6 Å². The Hall–Kier alpha value is -1.34. The molecule has 1 aromatic carbocycles. The lowest BCUT2D eigenvalue weighted by Gasteiger charge is -2.27. The van der Waals surface area contributed by atoms with Crippen molar-refractivity contribution in [2.24, 2.45) is 4.99 Å². The normalized spacial score (nSPS) is 11.6. The van der Waals surface area contributed by atoms with Gasteiger partial charge in [0, 0.05) is 30.2 Å². The maximum Gasteiger partial charge on any atom is 0.191 e. The van der Waals surface area contributed by atoms with Crippen molar-refractivity contribution in [1.29, 1.82) is 0 Å². The van der Waals surface area contributed by atoms with E-state index in [0.29, 0.717) is 6.54 Å². The third-order valence-electron chi connectivity index (χ3n) is 3.69. The number of rotatable bonds is 5. The minimum absolute atomic E-state index is 0. The number of benzene rings is 1. The van der Waals surface area contributed by atoms with Crippen molar-refractivity contribution in [3.8, 4) is 0 Å². The molecule has 6 heteroatoms. The van der Waals surface area contributed by atoms with Gasteiger partial charge in [-0.2, -0.15) is 0 Å². The van der Waals surface area contributed by atoms with Gasteiger partial charge in [0.15, 0.2) is 5.96 Å². The first kappa shape index (κ1) is 20.7. The second-order valence-electron chi connectivity index (χ2n) is 5.99. The number of hydrogen-bond donors (Lipinski definition) is 2. The zero-order valence-electron chi connectivity index (χ0n) is 14.2. The van der Waals surface area contributed by atoms with Gasteiger partial charge in [-0.05, 0) is 29.8 Å². The summed E-state index contributed by atoms with van der Waals surface area (Å²) in [5.41, 5.74) is 2.11. The van der Waals surface area contributed by atoms with Gasteiger partial charge in [0.1, 0.15) is 0 Å². The molecule has 0 aliphatic rings. The van der Waals surface area contributed by atoms with Crippen LogP contribution >= 0.6 is 35.6 Å². The number of nitrogens with one attached hydrogen (secondary N) is 2. The fourth-order valence-electron chi connectivity index (χ4n) is 2.21. The highest BCUT2D eigenvalue weighted by Crippen LogP contribution is 2.24. The van der Waals surface area contributed by atoms with Crippen LogP contribution in [0.2, 0.25) is 5.02 Å². The van der Waals surface area contributed by atoms with E-state index in [1.165, 1.54) is 5.56 Å². The van der Waals surface area contributed by atoms with Gasteiger partial charge in [0.25, 0.3) is 0 Å². The number of halogens is 2. The third kappa shape index (κ3) is 6.28. The fourth-order valence-corrected chi connectivity index (χ4v) is 2.40. The molecular formula is C18H24ClIN4. The predicted molar refractivity (Wildman–Crippen MR) is 112 cm³/mol. The maximum atomic E-state index is 6.10. The molecule has 0 bridgehead atoms. The number of nitrogens with zero attached hydrogens (tertiary/aromatic N) is 2. The van der Waals surface area contributed by atoms with Crippen LogP contribution in [0, 0.1) is 0 Å². The van der Waals surface area contributed by atoms with Gasteiger partial charge in [0.2, 0.25) is 0 Å². The lowest BCUT2D eigenvalue weighted by atomic mass is 9.84. The van der Waals surface area contributed by atoms with Crippen LogP contribution in [0.25, 0.3) is 0 Å². The molecule has 0 atom stereocenters. The summed E-state index contributed by atoms with van der Waals surface area (Å²) in [6, 6.07) is 13.8. The van der Waals surface area contributed by atoms with Gasteiger partial charge >= 0.3 is 0 Å². The summed E-state index contributed by atoms with van der Waals surface area (Å²) < 4.78 is 0. The van der Waals surface area contributed by atoms with Crippen LogP contribution in [0.3, 0.4) is 0 Å². The fraction of sp³-hybridized carbons (Fsp3) is 0.333. The average molecular weight is 459 g/mol. The lowest BCUT2D eigenvalue weighted by Crippen LogP contribution is -2.43. The molecular weight excluding hydrogens is 435 g/mol. The number of aliphatic imine (C=N–C) groups is 1. The van der Waals surface area contributed by atoms with Crippen molar-refractivity contribution >= 4 is 41.5 Å². The Labute approximate surface area is 166 Å². The Bertz CT molecular complexity index is 659. The van der Waals surface area contributed by atoms with Gasteiger partial charge in [-0.25, -0.2) is 0 Å². The summed E-state index contributed by atoms with van der Waals surface area (Å²) in [4.78, 5) is 8.55. The highest BCUT2D eigenvalue weighted by molar-refractivity contribution is 14.0. The van der Waals surface area contributed by atoms with E-state index in [1.54, 1.807) is 13.2 Å². The Morgan fingerprint density at radius 3 is 2.58 bits per heavy atom. The standard InChI is InChI=1S/C18H23ClN4.HI/c1-18(2,14-7-6-8-15(19)11-14)13-23-17(20-3)22-12-16-9-4-5-10-21-16;/h4-11H,12-13H2,1-3H3,(H2,20,22,23);1H. The number of hydrogen-bond acceptors (Lipinski definition) is 2. The van der Waals surface area contributed by atoms with E-state index in [0.717, 1.165) is 23.2 Å². The molecule has 0 aliphatic carbocycles. The Morgan fingerprint density at radius 1 is 1.17 bits per heavy atom. The molecule has 0 saturated heterocycles. The quantitative estimate of drug-likeness (QED) is 0.405. The summed E-state index contributed by atoms with van der Waals surface area (Å²) in [5.74, 6) is 0.755. The minimum Gasteiger partial charge on any atom is -0.356 e. The zero-order valence-corrected chi connectivity index (χ0v) is 17.3. The highest BCUT2D eigenvalue weighted by Gasteiger charge is 2.21. The molecule has 0 amide bonds. The summed E-state index contributed by atoms with van der Waals surface area (Å²) >= 11 is 6.10. The first-order valence-electron chi connectivity index (χ1n) is 7.62. The van der Waals surface area contributed by atoms with Gasteiger partial charge < -0.3 is 10.6 Å². The van der Waals surface area contributed by atoms with Crippen LogP contribution in [0.4, 0.5) is 0 Å². The molecule has 0 saturated carbocycles. The van der Waals surface area contributed by atoms with E-state index in [9.17, 15) is 0 Å². The number of guanidine groups is 1. The monoisotopic (exact) mass is 458 g/mol. The molecule has 2 rings (SSSR count). The Morgan fingerprint density at radius 2 is 1.96 bits per heavy atom. The van der Waals surface area contributed by atoms with Crippen LogP contribution < -0.4 is 10.6 Å². The maximum absolute atomic E-state index is 6.10. The zero-order chi connectivity index (χ0) is 16.7. The van der Waals surface area contributed by atoms with Gasteiger partial charge in [-0.1, -0.05) is 43.6 Å². The van der Waals surface area contributed by atoms with Gasteiger partial charge in [-0.15, -0.1) is 24.0 Å². The van der Waals surface area contributed by atoms with Crippen molar-refractivity contribution in [3.05, 3.63) is 64.9 Å². The molecule has 4 nitrogen and oxygen atoms in total. The van der Waals surface area contributed by atoms with Crippen molar-refractivity contribution < 1.29 is 0 Å². The minimum atomic E-state index is -0.0620. The smallest absolute Gasteiger partial charge is 0.191 e. The first-order valence-corrected chi connectivity index (χ1v) is 7.99. The molecule has 2 N–H and O–H groups in total. The van der Waals surface area contributed by atoms with Crippen molar-refractivity contribution in [1.82, 2.24) is 15.6 Å². The summed E-state index contributed by atoms with van der Waals surface area (Å²) in [7, 11) is 1.76. The molecule has 0 fully saturated rings. The van der Waals surface area contributed by atoms with E-state index in [1.807, 2.05) is 36.4 Å². The highest BCUT2D eigenvalue weighted by atomic mass is 127. The summed E-state index contributed by atoms with van der Waals surface area (Å²) in [6.45, 7) is 5.74. The van der Waals surface area contributed by atoms with E-state index in [-0.39, 0.29) is 29.4 Å². The third-order valence-corrected chi connectivity index (χ3v) is 3.93. The van der Waals surface area contributed by atoms with E-state index in [4.69, 9.17) is 11.6 Å². The van der Waals surface area contributed by atoms with Crippen LogP contribution in [-0.2, 0) is 12.0 Å². The van der Waals surface area contributed by atoms with E-state index < -0.39 is 0 Å². The molecule has 1 heterocycles. The Kier molecular flexibility index (Phi) is 8.48. The second-order valence-corrected chi connectivity index (χ2v) is 6.43. The summed E-state index contributed by atoms with van der Waals surface area (Å²) in [5, 5.41) is 7.39. The molecule has 24 heavy (non-hydrogen) atoms. The lowest BCUT2D eigenvalue weighted by molar-refractivity contribution is 0.508. The van der Waals surface area contributed by atoms with Crippen LogP contribution in [0.15, 0.2) is 53.7 Å². The van der Waals surface area contributed by atoms with Crippen molar-refractivity contribution in [2.45, 2.75) is 25.8 Å². The molecule has 1 aromatic heterocycles. The largest absolute Gasteiger partial charge is 0.356 e. The number of pyridine rings is 1. The average Bonchev–Trinajstić information content (AvgIpc) is 2.56. The molecule has 2 aromatic rings. The van der Waals surface area contributed by atoms with Crippen LogP contribution in [-0.4, -0.2) is 24.5 Å². The molecule has 0 aliphatic heterocycles. The van der Waals surface area contributed by atoms with Crippen LogP contribution in [0.5, 0.6) is 0 Å². The molecule has 0 unspecified atom stereocenters.